The van der Waals surface area contributed by atoms with E-state index < -0.39 is 22.5 Å². The van der Waals surface area contributed by atoms with Crippen molar-refractivity contribution in [3.63, 3.8) is 0 Å². The Morgan fingerprint density at radius 1 is 1.37 bits per heavy atom. The zero-order valence-corrected chi connectivity index (χ0v) is 13.1. The lowest BCUT2D eigenvalue weighted by Gasteiger charge is -2.44. The first-order valence-corrected chi connectivity index (χ1v) is 6.87. The molecule has 4 nitrogen and oxygen atoms in total. The van der Waals surface area contributed by atoms with Crippen molar-refractivity contribution < 1.29 is 19.1 Å². The van der Waals surface area contributed by atoms with Gasteiger partial charge in [0.05, 0.1) is 10.8 Å². The highest BCUT2D eigenvalue weighted by molar-refractivity contribution is 5.79. The first-order valence-electron chi connectivity index (χ1n) is 6.87. The largest absolute Gasteiger partial charge is 0.458 e. The summed E-state index contributed by atoms with van der Waals surface area (Å²) in [5, 5.41) is 0. The maximum atomic E-state index is 12.2. The van der Waals surface area contributed by atoms with Gasteiger partial charge < -0.3 is 9.47 Å². The summed E-state index contributed by atoms with van der Waals surface area (Å²) in [4.78, 5) is 24.0. The second-order valence-corrected chi connectivity index (χ2v) is 7.21. The summed E-state index contributed by atoms with van der Waals surface area (Å²) >= 11 is 0. The van der Waals surface area contributed by atoms with Crippen molar-refractivity contribution in [3.8, 4) is 0 Å². The topological polar surface area (TPSA) is 52.6 Å². The minimum Gasteiger partial charge on any atom is -0.458 e. The van der Waals surface area contributed by atoms with Gasteiger partial charge in [-0.3, -0.25) is 9.59 Å². The third-order valence-corrected chi connectivity index (χ3v) is 4.07. The van der Waals surface area contributed by atoms with E-state index in [9.17, 15) is 9.59 Å². The molecule has 0 aromatic carbocycles. The summed E-state index contributed by atoms with van der Waals surface area (Å²) in [5.41, 5.74) is -1.90. The molecule has 0 saturated carbocycles. The fraction of sp³-hybridized carbons (Fsp3) is 0.867. The molecule has 0 N–H and O–H groups in total. The van der Waals surface area contributed by atoms with E-state index in [-0.39, 0.29) is 11.9 Å². The Balaban J connectivity index is 2.87. The average Bonchev–Trinajstić information content (AvgIpc) is 2.25. The minimum atomic E-state index is -0.772. The van der Waals surface area contributed by atoms with Crippen molar-refractivity contribution in [2.45, 2.75) is 73.0 Å². The molecule has 0 aliphatic carbocycles. The molecule has 1 heterocycles. The third kappa shape index (κ3) is 3.28. The molecule has 4 heteroatoms. The number of cyclic esters (lactones) is 1. The van der Waals surface area contributed by atoms with Gasteiger partial charge in [0.25, 0.3) is 0 Å². The molecule has 19 heavy (non-hydrogen) atoms. The molecule has 1 atom stereocenters. The number of rotatable bonds is 3. The van der Waals surface area contributed by atoms with Gasteiger partial charge >= 0.3 is 11.9 Å². The Kier molecular flexibility index (Phi) is 4.04. The van der Waals surface area contributed by atoms with Gasteiger partial charge in [0.1, 0.15) is 11.7 Å². The van der Waals surface area contributed by atoms with Crippen molar-refractivity contribution >= 4 is 11.9 Å². The van der Waals surface area contributed by atoms with Crippen LogP contribution in [0.15, 0.2) is 0 Å². The molecule has 0 amide bonds. The number of ether oxygens (including phenoxy) is 2. The van der Waals surface area contributed by atoms with Gasteiger partial charge in [0, 0.05) is 6.42 Å². The van der Waals surface area contributed by atoms with Gasteiger partial charge in [0.2, 0.25) is 0 Å². The third-order valence-electron chi connectivity index (χ3n) is 4.07. The molecule has 110 valence electrons. The van der Waals surface area contributed by atoms with Crippen LogP contribution in [-0.2, 0) is 19.1 Å². The quantitative estimate of drug-likeness (QED) is 0.739. The molecule has 0 spiro atoms. The predicted octanol–water partition coefficient (Wildman–Crippen LogP) is 3.09. The molecule has 1 aliphatic heterocycles. The molecule has 1 unspecified atom stereocenters. The van der Waals surface area contributed by atoms with Gasteiger partial charge in [-0.15, -0.1) is 0 Å². The molecule has 1 rings (SSSR count). The van der Waals surface area contributed by atoms with Gasteiger partial charge in [-0.2, -0.15) is 0 Å². The summed E-state index contributed by atoms with van der Waals surface area (Å²) in [6, 6.07) is 0. The lowest BCUT2D eigenvalue weighted by molar-refractivity contribution is -0.211. The van der Waals surface area contributed by atoms with Gasteiger partial charge in [-0.05, 0) is 48.0 Å². The Labute approximate surface area is 115 Å². The fourth-order valence-corrected chi connectivity index (χ4v) is 1.85. The molecule has 0 aromatic heterocycles. The predicted molar refractivity (Wildman–Crippen MR) is 72.5 cm³/mol. The van der Waals surface area contributed by atoms with Crippen LogP contribution in [0.2, 0.25) is 0 Å². The lowest BCUT2D eigenvalue weighted by Crippen LogP contribution is -2.54. The van der Waals surface area contributed by atoms with Crippen LogP contribution in [0.1, 0.15) is 61.3 Å². The van der Waals surface area contributed by atoms with Crippen LogP contribution < -0.4 is 0 Å². The van der Waals surface area contributed by atoms with Crippen LogP contribution in [0.25, 0.3) is 0 Å². The van der Waals surface area contributed by atoms with Crippen LogP contribution in [0.3, 0.4) is 0 Å². The SMILES string of the molecule is CCC(C)(C)C(=O)OC1CC(C)(C)C(=O)OC1(C)C. The van der Waals surface area contributed by atoms with E-state index in [1.807, 2.05) is 34.6 Å². The normalized spacial score (nSPS) is 25.6. The van der Waals surface area contributed by atoms with Gasteiger partial charge in [0.15, 0.2) is 0 Å². The van der Waals surface area contributed by atoms with E-state index in [0.29, 0.717) is 12.8 Å². The van der Waals surface area contributed by atoms with E-state index >= 15 is 0 Å². The van der Waals surface area contributed by atoms with Crippen molar-refractivity contribution in [3.05, 3.63) is 0 Å². The maximum absolute atomic E-state index is 12.2. The van der Waals surface area contributed by atoms with E-state index in [2.05, 4.69) is 0 Å². The standard InChI is InChI=1S/C15H26O4/c1-8-13(2,3)11(16)18-10-9-14(4,5)12(17)19-15(10,6)7/h10H,8-9H2,1-7H3. The van der Waals surface area contributed by atoms with E-state index in [1.165, 1.54) is 0 Å². The Bertz CT molecular complexity index is 380. The molecule has 0 aromatic rings. The van der Waals surface area contributed by atoms with Crippen molar-refractivity contribution in [1.82, 2.24) is 0 Å². The summed E-state index contributed by atoms with van der Waals surface area (Å²) in [7, 11) is 0. The molecular weight excluding hydrogens is 244 g/mol. The van der Waals surface area contributed by atoms with Crippen LogP contribution in [-0.4, -0.2) is 23.6 Å². The Morgan fingerprint density at radius 3 is 2.37 bits per heavy atom. The number of carbonyl (C=O) groups excluding carboxylic acids is 2. The Hall–Kier alpha value is -1.06. The molecule has 0 bridgehead atoms. The molecule has 1 fully saturated rings. The second kappa shape index (κ2) is 4.80. The molecule has 0 radical (unpaired) electrons. The van der Waals surface area contributed by atoms with E-state index in [1.54, 1.807) is 13.8 Å². The monoisotopic (exact) mass is 270 g/mol. The highest BCUT2D eigenvalue weighted by Crippen LogP contribution is 2.39. The smallest absolute Gasteiger partial charge is 0.312 e. The molecular formula is C15H26O4. The van der Waals surface area contributed by atoms with Crippen molar-refractivity contribution in [2.24, 2.45) is 10.8 Å². The average molecular weight is 270 g/mol. The minimum absolute atomic E-state index is 0.234. The van der Waals surface area contributed by atoms with Crippen molar-refractivity contribution in [1.29, 1.82) is 0 Å². The highest BCUT2D eigenvalue weighted by Gasteiger charge is 2.50. The second-order valence-electron chi connectivity index (χ2n) is 7.21. The number of esters is 2. The lowest BCUT2D eigenvalue weighted by atomic mass is 9.78. The highest BCUT2D eigenvalue weighted by atomic mass is 16.6. The van der Waals surface area contributed by atoms with E-state index in [4.69, 9.17) is 9.47 Å². The van der Waals surface area contributed by atoms with Crippen LogP contribution >= 0.6 is 0 Å². The first-order chi connectivity index (χ1) is 8.42. The van der Waals surface area contributed by atoms with Crippen molar-refractivity contribution in [2.75, 3.05) is 0 Å². The molecule has 1 saturated heterocycles. The summed E-state index contributed by atoms with van der Waals surface area (Å²) in [6.45, 7) is 12.9. The number of carbonyl (C=O) groups is 2. The van der Waals surface area contributed by atoms with E-state index in [0.717, 1.165) is 0 Å². The maximum Gasteiger partial charge on any atom is 0.312 e. The summed E-state index contributed by atoms with van der Waals surface area (Å²) in [5.74, 6) is -0.471. The van der Waals surface area contributed by atoms with Gasteiger partial charge in [-0.1, -0.05) is 6.92 Å². The number of hydrogen-bond acceptors (Lipinski definition) is 4. The van der Waals surface area contributed by atoms with Gasteiger partial charge in [-0.25, -0.2) is 0 Å². The molecule has 1 aliphatic rings. The number of hydrogen-bond donors (Lipinski definition) is 0. The zero-order chi connectivity index (χ0) is 15.1. The fourth-order valence-electron chi connectivity index (χ4n) is 1.85. The first kappa shape index (κ1) is 16.0. The summed E-state index contributed by atoms with van der Waals surface area (Å²) < 4.78 is 11.1. The Morgan fingerprint density at radius 2 is 1.89 bits per heavy atom. The van der Waals surface area contributed by atoms with Crippen LogP contribution in [0, 0.1) is 10.8 Å². The zero-order valence-electron chi connectivity index (χ0n) is 13.1. The van der Waals surface area contributed by atoms with Crippen LogP contribution in [0.4, 0.5) is 0 Å². The summed E-state index contributed by atoms with van der Waals surface area (Å²) in [6.07, 6.45) is 0.797. The van der Waals surface area contributed by atoms with Crippen LogP contribution in [0.5, 0.6) is 0 Å².